The Hall–Kier alpha value is -0.0200. The van der Waals surface area contributed by atoms with E-state index in [1.54, 1.807) is 0 Å². The molecule has 0 amide bonds. The van der Waals surface area contributed by atoms with Gasteiger partial charge in [-0.3, -0.25) is 0 Å². The summed E-state index contributed by atoms with van der Waals surface area (Å²) < 4.78 is 81.8. The first kappa shape index (κ1) is 15.0. The summed E-state index contributed by atoms with van der Waals surface area (Å²) in [6.45, 7) is 0. The minimum absolute atomic E-state index is 0.0428. The first-order valence-corrected chi connectivity index (χ1v) is 5.44. The second kappa shape index (κ2) is 4.93. The maximum Gasteiger partial charge on any atom is 0.423 e. The highest BCUT2D eigenvalue weighted by molar-refractivity contribution is 9.09. The van der Waals surface area contributed by atoms with Crippen LogP contribution in [0.5, 0.6) is 0 Å². The molecule has 17 heavy (non-hydrogen) atoms. The number of methoxy groups -OCH3 is 1. The molecule has 1 saturated carbocycles. The molecule has 0 spiro atoms. The Morgan fingerprint density at radius 1 is 1.12 bits per heavy atom. The average Bonchev–Trinajstić information content (AvgIpc) is 2.07. The lowest BCUT2D eigenvalue weighted by Gasteiger charge is -2.42. The second-order valence-electron chi connectivity index (χ2n) is 3.59. The topological polar surface area (TPSA) is 18.5 Å². The van der Waals surface area contributed by atoms with Crippen LogP contribution in [0.25, 0.3) is 0 Å². The Morgan fingerprint density at radius 3 is 1.88 bits per heavy atom. The zero-order chi connectivity index (χ0) is 13.4. The van der Waals surface area contributed by atoms with E-state index in [1.165, 1.54) is 7.11 Å². The van der Waals surface area contributed by atoms with E-state index in [1.807, 2.05) is 0 Å². The van der Waals surface area contributed by atoms with Gasteiger partial charge in [0.05, 0.1) is 12.2 Å². The highest BCUT2D eigenvalue weighted by atomic mass is 79.9. The summed E-state index contributed by atoms with van der Waals surface area (Å²) in [4.78, 5) is -0.292. The molecule has 0 aromatic heterocycles. The van der Waals surface area contributed by atoms with E-state index in [2.05, 4.69) is 20.7 Å². The maximum atomic E-state index is 12.2. The van der Waals surface area contributed by atoms with Crippen molar-refractivity contribution in [3.63, 3.8) is 0 Å². The van der Waals surface area contributed by atoms with Crippen LogP contribution in [0.2, 0.25) is 0 Å². The number of halogens is 7. The third-order valence-electron chi connectivity index (χ3n) is 2.36. The van der Waals surface area contributed by atoms with Crippen LogP contribution in [0.4, 0.5) is 26.3 Å². The number of ether oxygens (including phenoxy) is 2. The molecule has 3 unspecified atom stereocenters. The van der Waals surface area contributed by atoms with Gasteiger partial charge in [-0.2, -0.15) is 26.3 Å². The third-order valence-corrected chi connectivity index (χ3v) is 3.25. The van der Waals surface area contributed by atoms with Crippen LogP contribution in [0, 0.1) is 0 Å². The number of alkyl halides is 7. The fourth-order valence-corrected chi connectivity index (χ4v) is 2.40. The van der Waals surface area contributed by atoms with Crippen LogP contribution in [0.1, 0.15) is 6.42 Å². The normalized spacial score (nSPS) is 30.5. The summed E-state index contributed by atoms with van der Waals surface area (Å²) in [5.74, 6) is 0. The molecule has 0 radical (unpaired) electrons. The first-order chi connectivity index (χ1) is 7.57. The van der Waals surface area contributed by atoms with Crippen molar-refractivity contribution in [2.45, 2.75) is 41.9 Å². The molecule has 1 aliphatic rings. The lowest BCUT2D eigenvalue weighted by molar-refractivity contribution is -0.342. The lowest BCUT2D eigenvalue weighted by Crippen LogP contribution is -2.56. The van der Waals surface area contributed by atoms with Crippen molar-refractivity contribution in [3.8, 4) is 0 Å². The molecule has 0 aromatic rings. The van der Waals surface area contributed by atoms with Gasteiger partial charge in [-0.15, -0.1) is 0 Å². The van der Waals surface area contributed by atoms with Gasteiger partial charge in [-0.25, -0.2) is 0 Å². The van der Waals surface area contributed by atoms with Crippen molar-refractivity contribution in [3.05, 3.63) is 0 Å². The summed E-state index contributed by atoms with van der Waals surface area (Å²) in [6.07, 6.45) is -16.7. The molecule has 0 heterocycles. The second-order valence-corrected chi connectivity index (χ2v) is 4.77. The molecule has 1 fully saturated rings. The van der Waals surface area contributed by atoms with Gasteiger partial charge in [0.15, 0.2) is 0 Å². The minimum Gasteiger partial charge on any atom is -0.378 e. The van der Waals surface area contributed by atoms with Gasteiger partial charge in [0.25, 0.3) is 0 Å². The Kier molecular flexibility index (Phi) is 4.36. The van der Waals surface area contributed by atoms with E-state index in [-0.39, 0.29) is 11.2 Å². The van der Waals surface area contributed by atoms with Gasteiger partial charge in [0.2, 0.25) is 6.10 Å². The van der Waals surface area contributed by atoms with E-state index in [0.29, 0.717) is 0 Å². The number of hydrogen-bond acceptors (Lipinski definition) is 2. The molecule has 1 rings (SSSR count). The van der Waals surface area contributed by atoms with Gasteiger partial charge >= 0.3 is 12.4 Å². The van der Waals surface area contributed by atoms with Crippen molar-refractivity contribution < 1.29 is 35.8 Å². The molecule has 1 aliphatic carbocycles. The fourth-order valence-electron chi connectivity index (χ4n) is 1.47. The van der Waals surface area contributed by atoms with Crippen LogP contribution in [0.3, 0.4) is 0 Å². The Morgan fingerprint density at radius 2 is 1.59 bits per heavy atom. The lowest BCUT2D eigenvalue weighted by atomic mass is 9.91. The third kappa shape index (κ3) is 3.47. The summed E-state index contributed by atoms with van der Waals surface area (Å²) in [7, 11) is 1.20. The van der Waals surface area contributed by atoms with E-state index in [0.717, 1.165) is 0 Å². The zero-order valence-corrected chi connectivity index (χ0v) is 10.1. The molecule has 0 N–H and O–H groups in total. The Bertz CT molecular complexity index is 252. The SMILES string of the molecule is COC1C(Br)CC1OC(C(F)(F)F)C(F)(F)F. The molecule has 102 valence electrons. The van der Waals surface area contributed by atoms with E-state index >= 15 is 0 Å². The van der Waals surface area contributed by atoms with Crippen molar-refractivity contribution in [2.75, 3.05) is 7.11 Å². The predicted molar refractivity (Wildman–Crippen MR) is 48.9 cm³/mol. The molecular formula is C8H9BrF6O2. The molecular weight excluding hydrogens is 322 g/mol. The number of rotatable bonds is 3. The number of hydrogen-bond donors (Lipinski definition) is 0. The van der Waals surface area contributed by atoms with Crippen LogP contribution < -0.4 is 0 Å². The van der Waals surface area contributed by atoms with E-state index in [9.17, 15) is 26.3 Å². The minimum atomic E-state index is -5.48. The highest BCUT2D eigenvalue weighted by Gasteiger charge is 2.60. The van der Waals surface area contributed by atoms with E-state index in [4.69, 9.17) is 4.74 Å². The average molecular weight is 331 g/mol. The van der Waals surface area contributed by atoms with Gasteiger partial charge in [0, 0.05) is 11.9 Å². The summed E-state index contributed by atoms with van der Waals surface area (Å²) in [6, 6.07) is 0. The van der Waals surface area contributed by atoms with Crippen LogP contribution in [-0.4, -0.2) is 42.6 Å². The van der Waals surface area contributed by atoms with E-state index < -0.39 is 30.7 Å². The molecule has 0 aliphatic heterocycles. The first-order valence-electron chi connectivity index (χ1n) is 4.53. The van der Waals surface area contributed by atoms with Crippen molar-refractivity contribution in [2.24, 2.45) is 0 Å². The zero-order valence-electron chi connectivity index (χ0n) is 8.48. The summed E-state index contributed by atoms with van der Waals surface area (Å²) >= 11 is 3.05. The van der Waals surface area contributed by atoms with Gasteiger partial charge in [-0.1, -0.05) is 15.9 Å². The fraction of sp³-hybridized carbons (Fsp3) is 1.00. The highest BCUT2D eigenvalue weighted by Crippen LogP contribution is 2.41. The Labute approximate surface area is 101 Å². The summed E-state index contributed by atoms with van der Waals surface area (Å²) in [5.41, 5.74) is 0. The molecule has 0 saturated heterocycles. The summed E-state index contributed by atoms with van der Waals surface area (Å²) in [5, 5.41) is 0. The maximum absolute atomic E-state index is 12.2. The van der Waals surface area contributed by atoms with Crippen LogP contribution in [0.15, 0.2) is 0 Å². The largest absolute Gasteiger partial charge is 0.423 e. The molecule has 2 nitrogen and oxygen atoms in total. The van der Waals surface area contributed by atoms with Crippen molar-refractivity contribution in [1.29, 1.82) is 0 Å². The monoisotopic (exact) mass is 330 g/mol. The van der Waals surface area contributed by atoms with Crippen LogP contribution >= 0.6 is 15.9 Å². The van der Waals surface area contributed by atoms with Crippen molar-refractivity contribution in [1.82, 2.24) is 0 Å². The molecule has 3 atom stereocenters. The van der Waals surface area contributed by atoms with Gasteiger partial charge < -0.3 is 9.47 Å². The van der Waals surface area contributed by atoms with Gasteiger partial charge in [-0.05, 0) is 6.42 Å². The molecule has 0 aromatic carbocycles. The molecule has 0 bridgehead atoms. The molecule has 9 heteroatoms. The standard InChI is InChI=1S/C8H9BrF6O2/c1-16-5-3(9)2-4(5)17-6(7(10,11)12)8(13,14)15/h3-6H,2H2,1H3. The van der Waals surface area contributed by atoms with Crippen molar-refractivity contribution >= 4 is 15.9 Å². The predicted octanol–water partition coefficient (Wildman–Crippen LogP) is 3.05. The van der Waals surface area contributed by atoms with Crippen LogP contribution in [-0.2, 0) is 9.47 Å². The Balaban J connectivity index is 2.69. The van der Waals surface area contributed by atoms with Gasteiger partial charge in [0.1, 0.15) is 0 Å². The quantitative estimate of drug-likeness (QED) is 0.585. The smallest absolute Gasteiger partial charge is 0.378 e.